The number of halogens is 2. The number of nitrogen functional groups attached to an aromatic ring is 1. The molecule has 1 amide bonds. The van der Waals surface area contributed by atoms with Gasteiger partial charge in [0.05, 0.1) is 17.8 Å². The molecular weight excluding hydrogens is 335 g/mol. The van der Waals surface area contributed by atoms with Crippen molar-refractivity contribution >= 4 is 33.2 Å². The van der Waals surface area contributed by atoms with Crippen LogP contribution in [0.3, 0.4) is 0 Å². The highest BCUT2D eigenvalue weighted by Gasteiger charge is 2.27. The maximum atomic E-state index is 13.7. The Balaban J connectivity index is 1.88. The molecule has 3 rings (SSSR count). The standard InChI is InChI=1S/C16H14BrFN2O/c17-12-7-11-5-6-20(16(11)14(19)9-12)15(21)8-10-3-1-2-4-13(10)18/h1-4,7,9H,5-6,8,19H2. The maximum absolute atomic E-state index is 13.7. The number of fused-ring (bicyclic) bond motifs is 1. The van der Waals surface area contributed by atoms with Crippen LogP contribution in [0.2, 0.25) is 0 Å². The predicted molar refractivity (Wildman–Crippen MR) is 84.7 cm³/mol. The summed E-state index contributed by atoms with van der Waals surface area (Å²) in [5.41, 5.74) is 8.81. The van der Waals surface area contributed by atoms with E-state index in [2.05, 4.69) is 15.9 Å². The number of benzene rings is 2. The monoisotopic (exact) mass is 348 g/mol. The second-order valence-corrected chi connectivity index (χ2v) is 5.98. The molecular formula is C16H14BrFN2O. The van der Waals surface area contributed by atoms with Crippen LogP contribution in [0.25, 0.3) is 0 Å². The number of amides is 1. The molecule has 0 spiro atoms. The van der Waals surface area contributed by atoms with E-state index in [1.54, 1.807) is 29.2 Å². The van der Waals surface area contributed by atoms with E-state index in [4.69, 9.17) is 5.73 Å². The van der Waals surface area contributed by atoms with Crippen molar-refractivity contribution in [2.24, 2.45) is 0 Å². The number of hydrogen-bond acceptors (Lipinski definition) is 2. The van der Waals surface area contributed by atoms with Crippen molar-refractivity contribution in [2.75, 3.05) is 17.2 Å². The minimum Gasteiger partial charge on any atom is -0.397 e. The van der Waals surface area contributed by atoms with Crippen molar-refractivity contribution in [3.8, 4) is 0 Å². The van der Waals surface area contributed by atoms with Gasteiger partial charge in [-0.05, 0) is 35.7 Å². The first-order valence-electron chi connectivity index (χ1n) is 6.68. The summed E-state index contributed by atoms with van der Waals surface area (Å²) in [6.07, 6.45) is 0.809. The van der Waals surface area contributed by atoms with Gasteiger partial charge in [-0.2, -0.15) is 0 Å². The molecule has 1 aliphatic heterocycles. The van der Waals surface area contributed by atoms with E-state index in [9.17, 15) is 9.18 Å². The number of carbonyl (C=O) groups excluding carboxylic acids is 1. The molecule has 21 heavy (non-hydrogen) atoms. The smallest absolute Gasteiger partial charge is 0.231 e. The van der Waals surface area contributed by atoms with Gasteiger partial charge in [0, 0.05) is 11.0 Å². The van der Waals surface area contributed by atoms with E-state index in [0.29, 0.717) is 17.8 Å². The summed E-state index contributed by atoms with van der Waals surface area (Å²) in [4.78, 5) is 14.1. The molecule has 3 nitrogen and oxygen atoms in total. The highest BCUT2D eigenvalue weighted by Crippen LogP contribution is 2.36. The van der Waals surface area contributed by atoms with Gasteiger partial charge >= 0.3 is 0 Å². The van der Waals surface area contributed by atoms with Crippen LogP contribution in [0, 0.1) is 5.82 Å². The van der Waals surface area contributed by atoms with E-state index in [1.807, 2.05) is 6.07 Å². The second-order valence-electron chi connectivity index (χ2n) is 5.07. The Labute approximate surface area is 130 Å². The minimum absolute atomic E-state index is 0.0433. The fraction of sp³-hybridized carbons (Fsp3) is 0.188. The highest BCUT2D eigenvalue weighted by atomic mass is 79.9. The zero-order valence-corrected chi connectivity index (χ0v) is 12.9. The quantitative estimate of drug-likeness (QED) is 0.846. The molecule has 2 aromatic rings. The van der Waals surface area contributed by atoms with Crippen molar-refractivity contribution in [3.63, 3.8) is 0 Å². The van der Waals surface area contributed by atoms with Crippen molar-refractivity contribution in [1.29, 1.82) is 0 Å². The zero-order valence-electron chi connectivity index (χ0n) is 11.3. The van der Waals surface area contributed by atoms with Gasteiger partial charge in [0.15, 0.2) is 0 Å². The van der Waals surface area contributed by atoms with Crippen molar-refractivity contribution < 1.29 is 9.18 Å². The van der Waals surface area contributed by atoms with Crippen LogP contribution in [-0.4, -0.2) is 12.5 Å². The summed E-state index contributed by atoms with van der Waals surface area (Å²) < 4.78 is 14.6. The lowest BCUT2D eigenvalue weighted by Gasteiger charge is -2.19. The molecule has 0 radical (unpaired) electrons. The molecule has 2 aromatic carbocycles. The molecule has 0 atom stereocenters. The number of nitrogens with two attached hydrogens (primary N) is 1. The molecule has 0 unspecified atom stereocenters. The van der Waals surface area contributed by atoms with Crippen molar-refractivity contribution in [1.82, 2.24) is 0 Å². The predicted octanol–water partition coefficient (Wildman–Crippen LogP) is 3.30. The summed E-state index contributed by atoms with van der Waals surface area (Å²) in [5.74, 6) is -0.484. The Morgan fingerprint density at radius 3 is 2.86 bits per heavy atom. The summed E-state index contributed by atoms with van der Waals surface area (Å²) in [7, 11) is 0. The van der Waals surface area contributed by atoms with Gasteiger partial charge in [-0.25, -0.2) is 4.39 Å². The van der Waals surface area contributed by atoms with Crippen LogP contribution in [0.5, 0.6) is 0 Å². The van der Waals surface area contributed by atoms with Crippen LogP contribution in [0.4, 0.5) is 15.8 Å². The Hall–Kier alpha value is -1.88. The number of rotatable bonds is 2. The fourth-order valence-corrected chi connectivity index (χ4v) is 3.22. The molecule has 0 aromatic heterocycles. The molecule has 0 saturated carbocycles. The zero-order chi connectivity index (χ0) is 15.0. The van der Waals surface area contributed by atoms with E-state index >= 15 is 0 Å². The molecule has 5 heteroatoms. The lowest BCUT2D eigenvalue weighted by atomic mass is 10.1. The van der Waals surface area contributed by atoms with E-state index in [0.717, 1.165) is 22.1 Å². The Kier molecular flexibility index (Phi) is 3.68. The average molecular weight is 349 g/mol. The molecule has 0 aliphatic carbocycles. The molecule has 0 fully saturated rings. The first-order valence-corrected chi connectivity index (χ1v) is 7.47. The summed E-state index contributed by atoms with van der Waals surface area (Å²) >= 11 is 3.40. The van der Waals surface area contributed by atoms with Crippen LogP contribution < -0.4 is 10.6 Å². The number of hydrogen-bond donors (Lipinski definition) is 1. The van der Waals surface area contributed by atoms with Crippen molar-refractivity contribution in [3.05, 3.63) is 57.8 Å². The second kappa shape index (κ2) is 5.48. The van der Waals surface area contributed by atoms with Crippen LogP contribution >= 0.6 is 15.9 Å². The third-order valence-corrected chi connectivity index (χ3v) is 4.12. The van der Waals surface area contributed by atoms with Gasteiger partial charge in [-0.3, -0.25) is 4.79 Å². The molecule has 0 bridgehead atoms. The molecule has 2 N–H and O–H groups in total. The lowest BCUT2D eigenvalue weighted by molar-refractivity contribution is -0.117. The Morgan fingerprint density at radius 2 is 2.10 bits per heavy atom. The van der Waals surface area contributed by atoms with Gasteiger partial charge in [-0.1, -0.05) is 34.1 Å². The molecule has 1 heterocycles. The van der Waals surface area contributed by atoms with E-state index in [1.165, 1.54) is 6.07 Å². The summed E-state index contributed by atoms with van der Waals surface area (Å²) in [6.45, 7) is 0.587. The average Bonchev–Trinajstić information content (AvgIpc) is 2.85. The Bertz CT molecular complexity index is 717. The molecule has 1 aliphatic rings. The Morgan fingerprint density at radius 1 is 1.33 bits per heavy atom. The third-order valence-electron chi connectivity index (χ3n) is 3.66. The van der Waals surface area contributed by atoms with Crippen LogP contribution in [0.1, 0.15) is 11.1 Å². The minimum atomic E-state index is -0.353. The number of nitrogens with zero attached hydrogens (tertiary/aromatic N) is 1. The number of anilines is 2. The highest BCUT2D eigenvalue weighted by molar-refractivity contribution is 9.10. The van der Waals surface area contributed by atoms with Crippen LogP contribution in [-0.2, 0) is 17.6 Å². The van der Waals surface area contributed by atoms with Gasteiger partial charge in [0.1, 0.15) is 5.82 Å². The van der Waals surface area contributed by atoms with Gasteiger partial charge in [-0.15, -0.1) is 0 Å². The third kappa shape index (κ3) is 2.65. The van der Waals surface area contributed by atoms with Gasteiger partial charge < -0.3 is 10.6 Å². The van der Waals surface area contributed by atoms with Gasteiger partial charge in [0.2, 0.25) is 5.91 Å². The molecule has 108 valence electrons. The van der Waals surface area contributed by atoms with E-state index in [-0.39, 0.29) is 18.1 Å². The SMILES string of the molecule is Nc1cc(Br)cc2c1N(C(=O)Cc1ccccc1F)CC2. The maximum Gasteiger partial charge on any atom is 0.231 e. The largest absolute Gasteiger partial charge is 0.397 e. The summed E-state index contributed by atoms with van der Waals surface area (Å²) in [5, 5.41) is 0. The van der Waals surface area contributed by atoms with Crippen molar-refractivity contribution in [2.45, 2.75) is 12.8 Å². The lowest BCUT2D eigenvalue weighted by Crippen LogP contribution is -2.31. The normalized spacial score (nSPS) is 13.3. The van der Waals surface area contributed by atoms with Crippen LogP contribution in [0.15, 0.2) is 40.9 Å². The summed E-state index contributed by atoms with van der Waals surface area (Å²) in [6, 6.07) is 10.1. The first kappa shape index (κ1) is 14.1. The number of carbonyl (C=O) groups is 1. The van der Waals surface area contributed by atoms with Gasteiger partial charge in [0.25, 0.3) is 0 Å². The first-order chi connectivity index (χ1) is 10.1. The fourth-order valence-electron chi connectivity index (χ4n) is 2.69. The van der Waals surface area contributed by atoms with E-state index < -0.39 is 0 Å². The molecule has 0 saturated heterocycles. The topological polar surface area (TPSA) is 46.3 Å².